The van der Waals surface area contributed by atoms with E-state index in [0.29, 0.717) is 17.6 Å². The molecule has 0 aromatic heterocycles. The molecule has 1 aromatic rings. The molecule has 0 aliphatic heterocycles. The van der Waals surface area contributed by atoms with Crippen molar-refractivity contribution in [1.29, 1.82) is 0 Å². The molecule has 0 aliphatic rings. The zero-order chi connectivity index (χ0) is 10.7. The minimum Gasteiger partial charge on any atom is -0.507 e. The van der Waals surface area contributed by atoms with Gasteiger partial charge in [-0.25, -0.2) is 0 Å². The predicted octanol–water partition coefficient (Wildman–Crippen LogP) is 3.71. The maximum Gasteiger partial charge on any atom is 0.122 e. The lowest BCUT2D eigenvalue weighted by molar-refractivity contribution is 0.452. The van der Waals surface area contributed by atoms with E-state index in [4.69, 9.17) is 0 Å². The van der Waals surface area contributed by atoms with Gasteiger partial charge < -0.3 is 5.11 Å². The molecule has 0 saturated heterocycles. The Bertz CT molecular complexity index is 300. The Hall–Kier alpha value is -0.980. The molecule has 0 radical (unpaired) electrons. The van der Waals surface area contributed by atoms with Gasteiger partial charge in [0.05, 0.1) is 0 Å². The molecule has 0 fully saturated rings. The van der Waals surface area contributed by atoms with Crippen molar-refractivity contribution < 1.29 is 5.11 Å². The minimum absolute atomic E-state index is 0.391. The van der Waals surface area contributed by atoms with Crippen LogP contribution in [0.25, 0.3) is 0 Å². The summed E-state index contributed by atoms with van der Waals surface area (Å²) in [5.74, 6) is 1.47. The van der Waals surface area contributed by atoms with Crippen molar-refractivity contribution in [3.05, 3.63) is 29.3 Å². The van der Waals surface area contributed by atoms with E-state index in [1.165, 1.54) is 0 Å². The lowest BCUT2D eigenvalue weighted by Gasteiger charge is -2.13. The highest BCUT2D eigenvalue weighted by Gasteiger charge is 2.10. The highest BCUT2D eigenvalue weighted by atomic mass is 16.3. The number of phenols is 1. The van der Waals surface area contributed by atoms with Crippen molar-refractivity contribution in [3.8, 4) is 5.75 Å². The molecule has 0 saturated carbocycles. The first-order valence-electron chi connectivity index (χ1n) is 5.33. The van der Waals surface area contributed by atoms with Gasteiger partial charge in [0.15, 0.2) is 0 Å². The van der Waals surface area contributed by atoms with Gasteiger partial charge in [0.2, 0.25) is 0 Å². The van der Waals surface area contributed by atoms with Crippen LogP contribution in [0.3, 0.4) is 0 Å². The number of phenolic OH excluding ortho intramolecular Hbond substituents is 1. The zero-order valence-electron chi connectivity index (χ0n) is 9.54. The van der Waals surface area contributed by atoms with E-state index in [1.807, 2.05) is 18.2 Å². The van der Waals surface area contributed by atoms with Crippen molar-refractivity contribution in [3.63, 3.8) is 0 Å². The van der Waals surface area contributed by atoms with Crippen LogP contribution in [0.1, 0.15) is 44.7 Å². The van der Waals surface area contributed by atoms with Crippen LogP contribution < -0.4 is 0 Å². The fourth-order valence-corrected chi connectivity index (χ4v) is 1.68. The summed E-state index contributed by atoms with van der Waals surface area (Å²) < 4.78 is 0. The molecule has 0 atom stereocenters. The maximum atomic E-state index is 10.0. The van der Waals surface area contributed by atoms with Gasteiger partial charge in [-0.2, -0.15) is 0 Å². The molecule has 14 heavy (non-hydrogen) atoms. The van der Waals surface area contributed by atoms with E-state index in [2.05, 4.69) is 27.7 Å². The molecule has 1 rings (SSSR count). The summed E-state index contributed by atoms with van der Waals surface area (Å²) in [6, 6.07) is 6.05. The van der Waals surface area contributed by atoms with E-state index in [-0.39, 0.29) is 0 Å². The highest BCUT2D eigenvalue weighted by Crippen LogP contribution is 2.30. The van der Waals surface area contributed by atoms with Crippen LogP contribution in [-0.2, 0) is 6.42 Å². The quantitative estimate of drug-likeness (QED) is 0.774. The molecule has 0 unspecified atom stereocenters. The molecule has 1 heteroatoms. The summed E-state index contributed by atoms with van der Waals surface area (Å²) in [6.45, 7) is 8.55. The van der Waals surface area contributed by atoms with Crippen LogP contribution in [0.4, 0.5) is 0 Å². The van der Waals surface area contributed by atoms with Crippen LogP contribution in [0.5, 0.6) is 5.75 Å². The van der Waals surface area contributed by atoms with Gasteiger partial charge in [0, 0.05) is 0 Å². The number of para-hydroxylation sites is 1. The second kappa shape index (κ2) is 4.50. The SMILES string of the molecule is CC(C)Cc1cccc(C(C)C)c1O. The molecule has 0 heterocycles. The Morgan fingerprint density at radius 2 is 1.79 bits per heavy atom. The number of rotatable bonds is 3. The third kappa shape index (κ3) is 2.50. The van der Waals surface area contributed by atoms with Crippen LogP contribution >= 0.6 is 0 Å². The smallest absolute Gasteiger partial charge is 0.122 e. The Balaban J connectivity index is 3.01. The summed E-state index contributed by atoms with van der Waals surface area (Å²) in [4.78, 5) is 0. The third-order valence-corrected chi connectivity index (χ3v) is 2.40. The molecule has 1 N–H and O–H groups in total. The Kier molecular flexibility index (Phi) is 3.56. The van der Waals surface area contributed by atoms with Gasteiger partial charge in [-0.05, 0) is 29.4 Å². The van der Waals surface area contributed by atoms with Crippen molar-refractivity contribution >= 4 is 0 Å². The number of hydrogen-bond acceptors (Lipinski definition) is 1. The van der Waals surface area contributed by atoms with E-state index in [0.717, 1.165) is 17.5 Å². The first kappa shape index (κ1) is 11.1. The summed E-state index contributed by atoms with van der Waals surface area (Å²) in [5, 5.41) is 10.0. The molecule has 0 spiro atoms. The summed E-state index contributed by atoms with van der Waals surface area (Å²) in [6.07, 6.45) is 0.951. The summed E-state index contributed by atoms with van der Waals surface area (Å²) in [5.41, 5.74) is 2.13. The normalized spacial score (nSPS) is 11.3. The standard InChI is InChI=1S/C13H20O/c1-9(2)8-11-6-5-7-12(10(3)4)13(11)14/h5-7,9-10,14H,8H2,1-4H3. The van der Waals surface area contributed by atoms with Gasteiger partial charge in [-0.15, -0.1) is 0 Å². The third-order valence-electron chi connectivity index (χ3n) is 2.40. The van der Waals surface area contributed by atoms with E-state index in [1.54, 1.807) is 0 Å². The Morgan fingerprint density at radius 1 is 1.14 bits per heavy atom. The van der Waals surface area contributed by atoms with Gasteiger partial charge in [-0.1, -0.05) is 45.9 Å². The van der Waals surface area contributed by atoms with E-state index >= 15 is 0 Å². The number of benzene rings is 1. The van der Waals surface area contributed by atoms with Crippen molar-refractivity contribution in [2.24, 2.45) is 5.92 Å². The van der Waals surface area contributed by atoms with Crippen molar-refractivity contribution in [2.75, 3.05) is 0 Å². The highest BCUT2D eigenvalue weighted by molar-refractivity contribution is 5.42. The lowest BCUT2D eigenvalue weighted by atomic mass is 9.95. The number of hydrogen-bond donors (Lipinski definition) is 1. The maximum absolute atomic E-state index is 10.0. The predicted molar refractivity (Wildman–Crippen MR) is 60.7 cm³/mol. The van der Waals surface area contributed by atoms with Crippen LogP contribution in [0.2, 0.25) is 0 Å². The van der Waals surface area contributed by atoms with Crippen LogP contribution in [0.15, 0.2) is 18.2 Å². The van der Waals surface area contributed by atoms with Gasteiger partial charge >= 0.3 is 0 Å². The monoisotopic (exact) mass is 192 g/mol. The summed E-state index contributed by atoms with van der Waals surface area (Å²) >= 11 is 0. The average Bonchev–Trinajstić information content (AvgIpc) is 2.07. The number of aromatic hydroxyl groups is 1. The van der Waals surface area contributed by atoms with Gasteiger partial charge in [0.1, 0.15) is 5.75 Å². The van der Waals surface area contributed by atoms with Crippen LogP contribution in [-0.4, -0.2) is 5.11 Å². The zero-order valence-corrected chi connectivity index (χ0v) is 9.54. The Morgan fingerprint density at radius 3 is 2.29 bits per heavy atom. The molecule has 0 bridgehead atoms. The van der Waals surface area contributed by atoms with Crippen molar-refractivity contribution in [2.45, 2.75) is 40.0 Å². The minimum atomic E-state index is 0.391. The molecule has 78 valence electrons. The molecular weight excluding hydrogens is 172 g/mol. The molecule has 0 aliphatic carbocycles. The topological polar surface area (TPSA) is 20.2 Å². The van der Waals surface area contributed by atoms with Crippen LogP contribution in [0, 0.1) is 5.92 Å². The largest absolute Gasteiger partial charge is 0.507 e. The molecule has 1 aromatic carbocycles. The van der Waals surface area contributed by atoms with E-state index in [9.17, 15) is 5.11 Å². The van der Waals surface area contributed by atoms with Gasteiger partial charge in [0.25, 0.3) is 0 Å². The molecular formula is C13H20O. The average molecular weight is 192 g/mol. The Labute approximate surface area is 86.8 Å². The van der Waals surface area contributed by atoms with Gasteiger partial charge in [-0.3, -0.25) is 0 Å². The second-order valence-corrected chi connectivity index (χ2v) is 4.61. The molecule has 0 amide bonds. The first-order chi connectivity index (χ1) is 6.52. The fraction of sp³-hybridized carbons (Fsp3) is 0.538. The van der Waals surface area contributed by atoms with Crippen molar-refractivity contribution in [1.82, 2.24) is 0 Å². The summed E-state index contributed by atoms with van der Waals surface area (Å²) in [7, 11) is 0. The lowest BCUT2D eigenvalue weighted by Crippen LogP contribution is -1.97. The first-order valence-corrected chi connectivity index (χ1v) is 5.33. The second-order valence-electron chi connectivity index (χ2n) is 4.61. The van der Waals surface area contributed by atoms with E-state index < -0.39 is 0 Å². The fourth-order valence-electron chi connectivity index (χ4n) is 1.68. The molecule has 1 nitrogen and oxygen atoms in total.